The Hall–Kier alpha value is -1.41. The molecular weight excluding hydrogens is 218 g/mol. The van der Waals surface area contributed by atoms with E-state index in [1.807, 2.05) is 0 Å². The quantitative estimate of drug-likeness (QED) is 0.183. The van der Waals surface area contributed by atoms with Crippen LogP contribution in [0.2, 0.25) is 0 Å². The summed E-state index contributed by atoms with van der Waals surface area (Å²) in [6.07, 6.45) is 10.3. The number of carbonyl (C=O) groups excluding carboxylic acids is 2. The lowest BCUT2D eigenvalue weighted by Crippen LogP contribution is -2.01. The van der Waals surface area contributed by atoms with Crippen LogP contribution in [0, 0.1) is 0 Å². The number of nitrogens with zero attached hydrogens (tertiary/aromatic N) is 1. The molecule has 0 bridgehead atoms. The maximum absolute atomic E-state index is 10.7. The van der Waals surface area contributed by atoms with Gasteiger partial charge in [-0.05, 0) is 12.8 Å². The van der Waals surface area contributed by atoms with Crippen LogP contribution in [0.3, 0.4) is 0 Å². The molecule has 0 aliphatic heterocycles. The second kappa shape index (κ2) is 12.7. The summed E-state index contributed by atoms with van der Waals surface area (Å²) < 4.78 is 4.86. The van der Waals surface area contributed by atoms with Crippen LogP contribution >= 0.6 is 0 Å². The monoisotopic (exact) mass is 239 g/mol. The highest BCUT2D eigenvalue weighted by molar-refractivity contribution is 5.81. The van der Waals surface area contributed by atoms with E-state index in [4.69, 9.17) is 4.74 Å². The van der Waals surface area contributed by atoms with E-state index < -0.39 is 0 Å². The van der Waals surface area contributed by atoms with Gasteiger partial charge in [0.15, 0.2) is 0 Å². The number of isocyanates is 1. The van der Waals surface area contributed by atoms with Gasteiger partial charge in [-0.1, -0.05) is 38.7 Å². The molecule has 0 fully saturated rings. The lowest BCUT2D eigenvalue weighted by molar-refractivity contribution is -0.137. The topological polar surface area (TPSA) is 55.7 Å². The summed E-state index contributed by atoms with van der Waals surface area (Å²) in [6.45, 7) is 4.41. The predicted molar refractivity (Wildman–Crippen MR) is 66.5 cm³/mol. The lowest BCUT2D eigenvalue weighted by Gasteiger charge is -2.02. The van der Waals surface area contributed by atoms with Gasteiger partial charge in [0.25, 0.3) is 0 Å². The van der Waals surface area contributed by atoms with Crippen molar-refractivity contribution in [3.05, 3.63) is 12.7 Å². The summed E-state index contributed by atoms with van der Waals surface area (Å²) in [4.78, 5) is 24.0. The maximum atomic E-state index is 10.7. The van der Waals surface area contributed by atoms with E-state index in [-0.39, 0.29) is 5.97 Å². The van der Waals surface area contributed by atoms with Crippen molar-refractivity contribution in [3.8, 4) is 0 Å². The van der Waals surface area contributed by atoms with Gasteiger partial charge in [-0.15, -0.1) is 0 Å². The van der Waals surface area contributed by atoms with Crippen LogP contribution in [0.4, 0.5) is 0 Å². The Morgan fingerprint density at radius 1 is 1.12 bits per heavy atom. The molecule has 0 saturated carbocycles. The molecule has 0 N–H and O–H groups in total. The summed E-state index contributed by atoms with van der Waals surface area (Å²) in [6, 6.07) is 0. The highest BCUT2D eigenvalue weighted by atomic mass is 16.5. The number of rotatable bonds is 11. The van der Waals surface area contributed by atoms with Gasteiger partial charge in [0.05, 0.1) is 13.2 Å². The molecule has 0 spiro atoms. The molecule has 0 rings (SSSR count). The van der Waals surface area contributed by atoms with Crippen LogP contribution < -0.4 is 0 Å². The van der Waals surface area contributed by atoms with E-state index in [9.17, 15) is 9.59 Å². The first-order valence-electron chi connectivity index (χ1n) is 6.14. The first-order chi connectivity index (χ1) is 8.31. The maximum Gasteiger partial charge on any atom is 0.330 e. The Morgan fingerprint density at radius 3 is 2.29 bits per heavy atom. The van der Waals surface area contributed by atoms with E-state index >= 15 is 0 Å². The summed E-state index contributed by atoms with van der Waals surface area (Å²) in [5, 5.41) is 0. The number of unbranched alkanes of at least 4 members (excludes halogenated alkanes) is 6. The average molecular weight is 239 g/mol. The second-order valence-corrected chi connectivity index (χ2v) is 3.82. The average Bonchev–Trinajstić information content (AvgIpc) is 2.35. The molecule has 0 heterocycles. The summed E-state index contributed by atoms with van der Waals surface area (Å²) in [5.74, 6) is -0.347. The molecule has 96 valence electrons. The molecule has 0 aromatic rings. The minimum Gasteiger partial charge on any atom is -0.463 e. The normalized spacial score (nSPS) is 9.41. The number of ether oxygens (including phenoxy) is 1. The Morgan fingerprint density at radius 2 is 1.71 bits per heavy atom. The first kappa shape index (κ1) is 15.6. The standard InChI is InChI=1S/C13H21NO3/c1-2-13(16)17-11-9-7-5-3-4-6-8-10-14-12-15/h2H,1,3-11H2. The molecular formula is C13H21NO3. The minimum atomic E-state index is -0.347. The fraction of sp³-hybridized carbons (Fsp3) is 0.692. The van der Waals surface area contributed by atoms with Gasteiger partial charge in [-0.2, -0.15) is 0 Å². The third-order valence-corrected chi connectivity index (χ3v) is 2.39. The number of hydrogen-bond acceptors (Lipinski definition) is 4. The van der Waals surface area contributed by atoms with Crippen molar-refractivity contribution < 1.29 is 14.3 Å². The molecule has 17 heavy (non-hydrogen) atoms. The molecule has 4 heteroatoms. The molecule has 0 radical (unpaired) electrons. The van der Waals surface area contributed by atoms with E-state index in [1.54, 1.807) is 0 Å². The van der Waals surface area contributed by atoms with Crippen molar-refractivity contribution in [2.24, 2.45) is 4.99 Å². The van der Waals surface area contributed by atoms with E-state index in [0.717, 1.165) is 32.1 Å². The fourth-order valence-corrected chi connectivity index (χ4v) is 1.45. The van der Waals surface area contributed by atoms with Gasteiger partial charge >= 0.3 is 5.97 Å². The molecule has 0 atom stereocenters. The smallest absolute Gasteiger partial charge is 0.330 e. The van der Waals surface area contributed by atoms with Gasteiger partial charge < -0.3 is 4.74 Å². The summed E-state index contributed by atoms with van der Waals surface area (Å²) >= 11 is 0. The van der Waals surface area contributed by atoms with Gasteiger partial charge in [0, 0.05) is 6.08 Å². The Bertz CT molecular complexity index is 257. The van der Waals surface area contributed by atoms with Crippen LogP contribution in [0.1, 0.15) is 44.9 Å². The van der Waals surface area contributed by atoms with Crippen molar-refractivity contribution in [3.63, 3.8) is 0 Å². The van der Waals surface area contributed by atoms with Crippen molar-refractivity contribution in [1.29, 1.82) is 0 Å². The summed E-state index contributed by atoms with van der Waals surface area (Å²) in [5.41, 5.74) is 0. The Labute approximate surface area is 103 Å². The van der Waals surface area contributed by atoms with Gasteiger partial charge in [-0.3, -0.25) is 0 Å². The highest BCUT2D eigenvalue weighted by Crippen LogP contribution is 2.07. The SMILES string of the molecule is C=CC(=O)OCCCCCCCCCN=C=O. The second-order valence-electron chi connectivity index (χ2n) is 3.82. The largest absolute Gasteiger partial charge is 0.463 e. The van der Waals surface area contributed by atoms with Gasteiger partial charge in [0.1, 0.15) is 0 Å². The lowest BCUT2D eigenvalue weighted by atomic mass is 10.1. The molecule has 0 aromatic heterocycles. The number of carbonyl (C=O) groups is 1. The van der Waals surface area contributed by atoms with Crippen LogP contribution in [0.15, 0.2) is 17.6 Å². The summed E-state index contributed by atoms with van der Waals surface area (Å²) in [7, 11) is 0. The van der Waals surface area contributed by atoms with E-state index in [2.05, 4.69) is 11.6 Å². The molecule has 0 aliphatic carbocycles. The third-order valence-electron chi connectivity index (χ3n) is 2.39. The predicted octanol–water partition coefficient (Wildman–Crippen LogP) is 2.78. The van der Waals surface area contributed by atoms with Crippen molar-refractivity contribution >= 4 is 12.0 Å². The number of hydrogen-bond donors (Lipinski definition) is 0. The first-order valence-corrected chi connectivity index (χ1v) is 6.14. The van der Waals surface area contributed by atoms with E-state index in [1.165, 1.54) is 25.0 Å². The molecule has 0 amide bonds. The molecule has 0 aromatic carbocycles. The minimum absolute atomic E-state index is 0.347. The zero-order valence-corrected chi connectivity index (χ0v) is 10.3. The van der Waals surface area contributed by atoms with Crippen molar-refractivity contribution in [2.45, 2.75) is 44.9 Å². The molecule has 0 saturated heterocycles. The fourth-order valence-electron chi connectivity index (χ4n) is 1.45. The van der Waals surface area contributed by atoms with E-state index in [0.29, 0.717) is 13.2 Å². The van der Waals surface area contributed by atoms with Crippen LogP contribution in [-0.4, -0.2) is 25.2 Å². The zero-order chi connectivity index (χ0) is 12.8. The zero-order valence-electron chi connectivity index (χ0n) is 10.3. The highest BCUT2D eigenvalue weighted by Gasteiger charge is 1.95. The van der Waals surface area contributed by atoms with Crippen molar-refractivity contribution in [2.75, 3.05) is 13.2 Å². The van der Waals surface area contributed by atoms with Crippen molar-refractivity contribution in [1.82, 2.24) is 0 Å². The Kier molecular flexibility index (Phi) is 11.6. The van der Waals surface area contributed by atoms with Gasteiger partial charge in [0.2, 0.25) is 6.08 Å². The Balaban J connectivity index is 3.05. The molecule has 0 aliphatic rings. The number of aliphatic imine (C=N–C) groups is 1. The van der Waals surface area contributed by atoms with Crippen LogP contribution in [0.25, 0.3) is 0 Å². The van der Waals surface area contributed by atoms with Crippen LogP contribution in [0.5, 0.6) is 0 Å². The molecule has 0 unspecified atom stereocenters. The number of esters is 1. The van der Waals surface area contributed by atoms with Crippen LogP contribution in [-0.2, 0) is 14.3 Å². The molecule has 4 nitrogen and oxygen atoms in total. The van der Waals surface area contributed by atoms with Gasteiger partial charge in [-0.25, -0.2) is 14.6 Å². The third kappa shape index (κ3) is 12.5.